The number of aromatic nitrogens is 1. The molecule has 128 valence electrons. The van der Waals surface area contributed by atoms with Gasteiger partial charge in [-0.05, 0) is 30.7 Å². The Bertz CT molecular complexity index is 873. The predicted molar refractivity (Wildman–Crippen MR) is 91.2 cm³/mol. The summed E-state index contributed by atoms with van der Waals surface area (Å²) >= 11 is 0. The number of para-hydroxylation sites is 1. The average Bonchev–Trinajstić information content (AvgIpc) is 3.19. The van der Waals surface area contributed by atoms with Crippen molar-refractivity contribution in [3.05, 3.63) is 53.9 Å². The molecule has 1 aromatic carbocycles. The van der Waals surface area contributed by atoms with Gasteiger partial charge < -0.3 is 20.1 Å². The quantitative estimate of drug-likeness (QED) is 0.857. The van der Waals surface area contributed by atoms with Crippen LogP contribution in [0.5, 0.6) is 0 Å². The van der Waals surface area contributed by atoms with Crippen molar-refractivity contribution in [1.82, 2.24) is 14.8 Å². The average molecular weight is 338 g/mol. The Kier molecular flexibility index (Phi) is 3.56. The number of aryl methyl sites for hydroxylation is 1. The monoisotopic (exact) mass is 338 g/mol. The van der Waals surface area contributed by atoms with Crippen LogP contribution >= 0.6 is 0 Å². The second-order valence-electron chi connectivity index (χ2n) is 6.42. The molecule has 2 N–H and O–H groups in total. The van der Waals surface area contributed by atoms with Gasteiger partial charge >= 0.3 is 0 Å². The van der Waals surface area contributed by atoms with Gasteiger partial charge in [0, 0.05) is 25.8 Å². The van der Waals surface area contributed by atoms with Crippen LogP contribution in [0.15, 0.2) is 42.6 Å². The molecule has 0 unspecified atom stereocenters. The van der Waals surface area contributed by atoms with Crippen molar-refractivity contribution in [2.75, 3.05) is 11.9 Å². The zero-order valence-electron chi connectivity index (χ0n) is 13.7. The van der Waals surface area contributed by atoms with Crippen molar-refractivity contribution in [1.29, 1.82) is 0 Å². The SMILES string of the molecule is Cn1cccc1C(=O)N[C@@H]1C[C@@H]2C(=O)Nc3ccccc3C(=O)N2C1. The highest BCUT2D eigenvalue weighted by Crippen LogP contribution is 2.28. The summed E-state index contributed by atoms with van der Waals surface area (Å²) in [5, 5.41) is 5.75. The topological polar surface area (TPSA) is 83.4 Å². The molecular weight excluding hydrogens is 320 g/mol. The van der Waals surface area contributed by atoms with E-state index in [2.05, 4.69) is 10.6 Å². The molecule has 2 aromatic rings. The number of rotatable bonds is 2. The van der Waals surface area contributed by atoms with Gasteiger partial charge in [-0.1, -0.05) is 12.1 Å². The summed E-state index contributed by atoms with van der Waals surface area (Å²) in [5.41, 5.74) is 1.56. The van der Waals surface area contributed by atoms with Crippen molar-refractivity contribution < 1.29 is 14.4 Å². The molecule has 0 saturated carbocycles. The fraction of sp³-hybridized carbons (Fsp3) is 0.278. The number of amides is 3. The largest absolute Gasteiger partial charge is 0.347 e. The molecule has 7 nitrogen and oxygen atoms in total. The number of nitrogens with zero attached hydrogens (tertiary/aromatic N) is 2. The molecule has 3 heterocycles. The van der Waals surface area contributed by atoms with E-state index in [4.69, 9.17) is 0 Å². The summed E-state index contributed by atoms with van der Waals surface area (Å²) < 4.78 is 1.73. The second kappa shape index (κ2) is 5.77. The van der Waals surface area contributed by atoms with E-state index in [0.29, 0.717) is 29.9 Å². The lowest BCUT2D eigenvalue weighted by Gasteiger charge is -2.20. The molecule has 0 spiro atoms. The Morgan fingerprint density at radius 1 is 1.20 bits per heavy atom. The molecule has 4 rings (SSSR count). The lowest BCUT2D eigenvalue weighted by Crippen LogP contribution is -2.41. The number of fused-ring (bicyclic) bond motifs is 2. The van der Waals surface area contributed by atoms with Gasteiger partial charge in [-0.15, -0.1) is 0 Å². The van der Waals surface area contributed by atoms with Gasteiger partial charge in [0.2, 0.25) is 5.91 Å². The van der Waals surface area contributed by atoms with E-state index in [1.165, 1.54) is 0 Å². The van der Waals surface area contributed by atoms with E-state index in [1.807, 2.05) is 0 Å². The zero-order chi connectivity index (χ0) is 17.6. The summed E-state index contributed by atoms with van der Waals surface area (Å²) in [4.78, 5) is 39.2. The van der Waals surface area contributed by atoms with E-state index in [-0.39, 0.29) is 23.8 Å². The van der Waals surface area contributed by atoms with Crippen molar-refractivity contribution in [3.8, 4) is 0 Å². The molecule has 1 fully saturated rings. The maximum absolute atomic E-state index is 12.8. The van der Waals surface area contributed by atoms with E-state index in [9.17, 15) is 14.4 Å². The van der Waals surface area contributed by atoms with Crippen molar-refractivity contribution in [2.24, 2.45) is 7.05 Å². The molecule has 0 radical (unpaired) electrons. The van der Waals surface area contributed by atoms with E-state index >= 15 is 0 Å². The third-order valence-electron chi connectivity index (χ3n) is 4.79. The van der Waals surface area contributed by atoms with E-state index in [0.717, 1.165) is 0 Å². The first-order valence-corrected chi connectivity index (χ1v) is 8.17. The second-order valence-corrected chi connectivity index (χ2v) is 6.42. The minimum atomic E-state index is -0.571. The molecule has 0 aliphatic carbocycles. The highest BCUT2D eigenvalue weighted by atomic mass is 16.2. The van der Waals surface area contributed by atoms with Gasteiger partial charge in [0.05, 0.1) is 11.3 Å². The summed E-state index contributed by atoms with van der Waals surface area (Å²) in [6.07, 6.45) is 2.20. The van der Waals surface area contributed by atoms with Crippen LogP contribution in [0.3, 0.4) is 0 Å². The lowest BCUT2D eigenvalue weighted by molar-refractivity contribution is -0.119. The molecule has 1 saturated heterocycles. The number of hydrogen-bond acceptors (Lipinski definition) is 3. The fourth-order valence-corrected chi connectivity index (χ4v) is 3.52. The Morgan fingerprint density at radius 2 is 2.00 bits per heavy atom. The zero-order valence-corrected chi connectivity index (χ0v) is 13.7. The molecular formula is C18H18N4O3. The number of anilines is 1. The van der Waals surface area contributed by atoms with Gasteiger partial charge in [0.15, 0.2) is 0 Å². The Balaban J connectivity index is 1.55. The first-order valence-electron chi connectivity index (χ1n) is 8.17. The highest BCUT2D eigenvalue weighted by molar-refractivity contribution is 6.10. The number of carbonyl (C=O) groups is 3. The first-order chi connectivity index (χ1) is 12.0. The smallest absolute Gasteiger partial charge is 0.268 e. The highest BCUT2D eigenvalue weighted by Gasteiger charge is 2.43. The number of hydrogen-bond donors (Lipinski definition) is 2. The third-order valence-corrected chi connectivity index (χ3v) is 4.79. The molecule has 2 atom stereocenters. The minimum absolute atomic E-state index is 0.186. The number of nitrogens with one attached hydrogen (secondary N) is 2. The van der Waals surface area contributed by atoms with Crippen LogP contribution in [0.2, 0.25) is 0 Å². The standard InChI is InChI=1S/C18H18N4O3/c1-21-8-4-7-14(21)16(23)19-11-9-15-17(24)20-13-6-3-2-5-12(13)18(25)22(15)10-11/h2-8,11,15H,9-10H2,1H3,(H,19,23)(H,20,24)/t11-,15-/m1/s1. The van der Waals surface area contributed by atoms with Crippen LogP contribution in [0.4, 0.5) is 5.69 Å². The van der Waals surface area contributed by atoms with Gasteiger partial charge in [-0.2, -0.15) is 0 Å². The molecule has 3 amide bonds. The maximum Gasteiger partial charge on any atom is 0.268 e. The molecule has 2 aliphatic heterocycles. The van der Waals surface area contributed by atoms with Crippen molar-refractivity contribution in [2.45, 2.75) is 18.5 Å². The van der Waals surface area contributed by atoms with Crippen molar-refractivity contribution in [3.63, 3.8) is 0 Å². The predicted octanol–water partition coefficient (Wildman–Crippen LogP) is 0.990. The third kappa shape index (κ3) is 2.57. The summed E-state index contributed by atoms with van der Waals surface area (Å²) in [5.74, 6) is -0.605. The molecule has 1 aromatic heterocycles. The van der Waals surface area contributed by atoms with Crippen LogP contribution < -0.4 is 10.6 Å². The van der Waals surface area contributed by atoms with Crippen LogP contribution in [-0.4, -0.2) is 45.8 Å². The summed E-state index contributed by atoms with van der Waals surface area (Å²) in [7, 11) is 1.80. The van der Waals surface area contributed by atoms with Crippen molar-refractivity contribution >= 4 is 23.4 Å². The Labute approximate surface area is 144 Å². The van der Waals surface area contributed by atoms with Crippen LogP contribution in [0.1, 0.15) is 27.3 Å². The summed E-state index contributed by atoms with van der Waals surface area (Å²) in [6.45, 7) is 0.321. The van der Waals surface area contributed by atoms with Crippen LogP contribution in [0, 0.1) is 0 Å². The molecule has 0 bridgehead atoms. The first kappa shape index (κ1) is 15.4. The maximum atomic E-state index is 12.8. The van der Waals surface area contributed by atoms with Gasteiger partial charge in [-0.25, -0.2) is 0 Å². The van der Waals surface area contributed by atoms with Gasteiger partial charge in [-0.3, -0.25) is 14.4 Å². The number of carbonyl (C=O) groups excluding carboxylic acids is 3. The summed E-state index contributed by atoms with van der Waals surface area (Å²) in [6, 6.07) is 9.69. The molecule has 25 heavy (non-hydrogen) atoms. The minimum Gasteiger partial charge on any atom is -0.347 e. The molecule has 7 heteroatoms. The lowest BCUT2D eigenvalue weighted by atomic mass is 10.1. The fourth-order valence-electron chi connectivity index (χ4n) is 3.52. The van der Waals surface area contributed by atoms with E-state index in [1.54, 1.807) is 59.1 Å². The van der Waals surface area contributed by atoms with Gasteiger partial charge in [0.1, 0.15) is 11.7 Å². The van der Waals surface area contributed by atoms with Gasteiger partial charge in [0.25, 0.3) is 11.8 Å². The molecule has 2 aliphatic rings. The Morgan fingerprint density at radius 3 is 2.76 bits per heavy atom. The van der Waals surface area contributed by atoms with Crippen LogP contribution in [-0.2, 0) is 11.8 Å². The Hall–Kier alpha value is -3.09. The van der Waals surface area contributed by atoms with E-state index < -0.39 is 6.04 Å². The number of benzene rings is 1. The van der Waals surface area contributed by atoms with Crippen LogP contribution in [0.25, 0.3) is 0 Å². The normalized spacial score (nSPS) is 22.0.